The van der Waals surface area contributed by atoms with E-state index < -0.39 is 0 Å². The lowest BCUT2D eigenvalue weighted by Gasteiger charge is -2.20. The lowest BCUT2D eigenvalue weighted by Crippen LogP contribution is -2.25. The Hall–Kier alpha value is -1.04. The fraction of sp³-hybridized carbons (Fsp3) is 0.842. The van der Waals surface area contributed by atoms with E-state index in [9.17, 15) is 4.79 Å². The molecule has 0 saturated heterocycles. The van der Waals surface area contributed by atoms with Gasteiger partial charge in [0.25, 0.3) is 0 Å². The third-order valence-corrected chi connectivity index (χ3v) is 5.59. The Kier molecular flexibility index (Phi) is 8.79. The smallest absolute Gasteiger partial charge is 0.220 e. The maximum atomic E-state index is 12.0. The van der Waals surface area contributed by atoms with Gasteiger partial charge in [-0.1, -0.05) is 57.7 Å². The monoisotopic (exact) mass is 366 g/mol. The van der Waals surface area contributed by atoms with Crippen LogP contribution in [0.15, 0.2) is 5.16 Å². The second-order valence-electron chi connectivity index (χ2n) is 7.60. The van der Waals surface area contributed by atoms with E-state index in [-0.39, 0.29) is 5.91 Å². The summed E-state index contributed by atoms with van der Waals surface area (Å²) in [6.07, 6.45) is 12.3. The van der Waals surface area contributed by atoms with Gasteiger partial charge in [-0.15, -0.1) is 10.2 Å². The van der Waals surface area contributed by atoms with E-state index in [2.05, 4.69) is 33.9 Å². The average Bonchev–Trinajstić information content (AvgIpc) is 2.99. The molecule has 0 unspecified atom stereocenters. The van der Waals surface area contributed by atoms with E-state index in [4.69, 9.17) is 0 Å². The van der Waals surface area contributed by atoms with Gasteiger partial charge in [0.05, 0.1) is 0 Å². The van der Waals surface area contributed by atoms with Gasteiger partial charge in [-0.3, -0.25) is 4.79 Å². The zero-order valence-corrected chi connectivity index (χ0v) is 16.9. The van der Waals surface area contributed by atoms with Crippen molar-refractivity contribution in [3.8, 4) is 0 Å². The van der Waals surface area contributed by atoms with Gasteiger partial charge in [-0.05, 0) is 30.9 Å². The number of carbonyl (C=O) groups is 1. The molecule has 1 fully saturated rings. The first-order valence-electron chi connectivity index (χ1n) is 9.83. The molecular weight excluding hydrogens is 332 g/mol. The molecule has 1 aromatic heterocycles. The lowest BCUT2D eigenvalue weighted by atomic mass is 9.86. The molecule has 0 spiro atoms. The molecule has 25 heavy (non-hydrogen) atoms. The zero-order chi connectivity index (χ0) is 18.1. The van der Waals surface area contributed by atoms with Crippen molar-refractivity contribution < 1.29 is 4.79 Å². The minimum atomic E-state index is 0.207. The second-order valence-corrected chi connectivity index (χ2v) is 8.38. The fourth-order valence-corrected chi connectivity index (χ4v) is 4.10. The number of nitrogens with one attached hydrogen (secondary N) is 1. The number of nitrogens with zero attached hydrogens (tertiary/aromatic N) is 3. The number of amides is 1. The molecule has 2 rings (SSSR count). The highest BCUT2D eigenvalue weighted by molar-refractivity contribution is 7.98. The summed E-state index contributed by atoms with van der Waals surface area (Å²) in [6.45, 7) is 6.10. The molecule has 1 N–H and O–H groups in total. The Morgan fingerprint density at radius 2 is 2.04 bits per heavy atom. The predicted molar refractivity (Wildman–Crippen MR) is 104 cm³/mol. The van der Waals surface area contributed by atoms with Crippen molar-refractivity contribution in [2.24, 2.45) is 11.8 Å². The Bertz CT molecular complexity index is 523. The van der Waals surface area contributed by atoms with E-state index in [1.165, 1.54) is 32.1 Å². The van der Waals surface area contributed by atoms with Gasteiger partial charge in [-0.2, -0.15) is 0 Å². The van der Waals surface area contributed by atoms with Gasteiger partial charge in [0.15, 0.2) is 5.16 Å². The molecular formula is C19H34N4OS. The van der Waals surface area contributed by atoms with Gasteiger partial charge in [-0.25, -0.2) is 0 Å². The van der Waals surface area contributed by atoms with Crippen LogP contribution in [0.2, 0.25) is 0 Å². The minimum absolute atomic E-state index is 0.207. The first-order chi connectivity index (χ1) is 12.1. The molecule has 0 radical (unpaired) electrons. The number of carbonyl (C=O) groups excluding carboxylic acids is 1. The van der Waals surface area contributed by atoms with E-state index >= 15 is 0 Å². The molecule has 0 aliphatic heterocycles. The second kappa shape index (κ2) is 10.8. The molecule has 1 saturated carbocycles. The molecule has 1 aliphatic rings. The van der Waals surface area contributed by atoms with Crippen LogP contribution < -0.4 is 5.32 Å². The van der Waals surface area contributed by atoms with E-state index in [0.29, 0.717) is 12.3 Å². The summed E-state index contributed by atoms with van der Waals surface area (Å²) in [7, 11) is 0. The van der Waals surface area contributed by atoms with Crippen molar-refractivity contribution >= 4 is 17.7 Å². The van der Waals surface area contributed by atoms with E-state index in [1.807, 2.05) is 6.26 Å². The van der Waals surface area contributed by atoms with Crippen molar-refractivity contribution in [3.05, 3.63) is 5.82 Å². The van der Waals surface area contributed by atoms with Gasteiger partial charge in [0, 0.05) is 25.9 Å². The van der Waals surface area contributed by atoms with Crippen LogP contribution in [-0.2, 0) is 17.8 Å². The van der Waals surface area contributed by atoms with Crippen molar-refractivity contribution in [2.75, 3.05) is 12.8 Å². The molecule has 1 aliphatic carbocycles. The maximum Gasteiger partial charge on any atom is 0.220 e. The zero-order valence-electron chi connectivity index (χ0n) is 16.1. The van der Waals surface area contributed by atoms with Crippen LogP contribution >= 0.6 is 11.8 Å². The molecule has 1 aromatic rings. The van der Waals surface area contributed by atoms with Crippen LogP contribution in [0.3, 0.4) is 0 Å². The minimum Gasteiger partial charge on any atom is -0.356 e. The SMILES string of the molecule is CSc1nnc(CCCNC(=O)CCC2CCCCC2)n1CC(C)C. The maximum absolute atomic E-state index is 12.0. The highest BCUT2D eigenvalue weighted by Crippen LogP contribution is 2.27. The van der Waals surface area contributed by atoms with Crippen LogP contribution in [0.25, 0.3) is 0 Å². The van der Waals surface area contributed by atoms with Crippen molar-refractivity contribution in [3.63, 3.8) is 0 Å². The van der Waals surface area contributed by atoms with Crippen molar-refractivity contribution in [1.29, 1.82) is 0 Å². The summed E-state index contributed by atoms with van der Waals surface area (Å²) in [4.78, 5) is 12.0. The van der Waals surface area contributed by atoms with Gasteiger partial charge < -0.3 is 9.88 Å². The molecule has 0 aromatic carbocycles. The van der Waals surface area contributed by atoms with Crippen LogP contribution in [0, 0.1) is 11.8 Å². The van der Waals surface area contributed by atoms with Crippen LogP contribution in [-0.4, -0.2) is 33.5 Å². The summed E-state index contributed by atoms with van der Waals surface area (Å²) in [5.41, 5.74) is 0. The molecule has 0 bridgehead atoms. The van der Waals surface area contributed by atoms with E-state index in [0.717, 1.165) is 49.3 Å². The van der Waals surface area contributed by atoms with Crippen LogP contribution in [0.4, 0.5) is 0 Å². The normalized spacial score (nSPS) is 15.7. The van der Waals surface area contributed by atoms with Gasteiger partial charge in [0.2, 0.25) is 5.91 Å². The number of aryl methyl sites for hydroxylation is 1. The van der Waals surface area contributed by atoms with Crippen molar-refractivity contribution in [1.82, 2.24) is 20.1 Å². The standard InChI is InChI=1S/C19H34N4OS/c1-15(2)14-23-17(21-22-19(23)25-3)10-7-13-20-18(24)12-11-16-8-5-4-6-9-16/h15-16H,4-14H2,1-3H3,(H,20,24). The Morgan fingerprint density at radius 3 is 2.72 bits per heavy atom. The lowest BCUT2D eigenvalue weighted by molar-refractivity contribution is -0.121. The van der Waals surface area contributed by atoms with Crippen LogP contribution in [0.1, 0.15) is 71.0 Å². The molecule has 142 valence electrons. The third-order valence-electron chi connectivity index (χ3n) is 4.93. The van der Waals surface area contributed by atoms with E-state index in [1.54, 1.807) is 11.8 Å². The molecule has 6 heteroatoms. The number of rotatable bonds is 10. The van der Waals surface area contributed by atoms with Crippen LogP contribution in [0.5, 0.6) is 0 Å². The Balaban J connectivity index is 1.66. The average molecular weight is 367 g/mol. The molecule has 1 amide bonds. The number of hydrogen-bond acceptors (Lipinski definition) is 4. The molecule has 0 atom stereocenters. The summed E-state index contributed by atoms with van der Waals surface area (Å²) >= 11 is 1.64. The quantitative estimate of drug-likeness (QED) is 0.501. The Labute approximate surface area is 156 Å². The number of aromatic nitrogens is 3. The summed E-state index contributed by atoms with van der Waals surface area (Å²) in [5, 5.41) is 12.7. The summed E-state index contributed by atoms with van der Waals surface area (Å²) in [6, 6.07) is 0. The topological polar surface area (TPSA) is 59.8 Å². The first-order valence-corrected chi connectivity index (χ1v) is 11.1. The summed E-state index contributed by atoms with van der Waals surface area (Å²) < 4.78 is 2.22. The van der Waals surface area contributed by atoms with Crippen molar-refractivity contribution in [2.45, 2.75) is 83.3 Å². The Morgan fingerprint density at radius 1 is 1.28 bits per heavy atom. The fourth-order valence-electron chi connectivity index (χ4n) is 3.58. The predicted octanol–water partition coefficient (Wildman–Crippen LogP) is 4.07. The van der Waals surface area contributed by atoms with Gasteiger partial charge in [0.1, 0.15) is 5.82 Å². The number of hydrogen-bond donors (Lipinski definition) is 1. The highest BCUT2D eigenvalue weighted by Gasteiger charge is 2.15. The molecule has 1 heterocycles. The third kappa shape index (κ3) is 7.00. The number of thioether (sulfide) groups is 1. The highest BCUT2D eigenvalue weighted by atomic mass is 32.2. The first kappa shape index (κ1) is 20.3. The summed E-state index contributed by atoms with van der Waals surface area (Å²) in [5.74, 6) is 2.59. The largest absolute Gasteiger partial charge is 0.356 e. The molecule has 5 nitrogen and oxygen atoms in total. The van der Waals surface area contributed by atoms with Gasteiger partial charge >= 0.3 is 0 Å².